The molecule has 0 aliphatic heterocycles. The van der Waals surface area contributed by atoms with Crippen LogP contribution >= 0.6 is 15.9 Å². The first kappa shape index (κ1) is 10.1. The van der Waals surface area contributed by atoms with Gasteiger partial charge in [0.05, 0.1) is 28.4 Å². The molecule has 0 aliphatic carbocycles. The molecule has 0 fully saturated rings. The molecule has 0 aliphatic rings. The third kappa shape index (κ3) is 1.61. The summed E-state index contributed by atoms with van der Waals surface area (Å²) < 4.78 is 15.4. The van der Waals surface area contributed by atoms with Gasteiger partial charge in [-0.1, -0.05) is 0 Å². The fraction of sp³-hybridized carbons (Fsp3) is 0.200. The van der Waals surface area contributed by atoms with Gasteiger partial charge < -0.3 is 0 Å². The van der Waals surface area contributed by atoms with Crippen LogP contribution in [0.4, 0.5) is 4.39 Å². The molecule has 0 unspecified atom stereocenters. The van der Waals surface area contributed by atoms with Gasteiger partial charge in [0, 0.05) is 6.20 Å². The van der Waals surface area contributed by atoms with Gasteiger partial charge in [0.1, 0.15) is 5.82 Å². The molecule has 0 N–H and O–H groups in total. The molecule has 0 radical (unpaired) electrons. The Morgan fingerprint density at radius 1 is 1.67 bits per heavy atom. The van der Waals surface area contributed by atoms with Crippen molar-refractivity contribution in [3.8, 4) is 6.07 Å². The van der Waals surface area contributed by atoms with Crippen LogP contribution in [0.5, 0.6) is 0 Å². The molecule has 15 heavy (non-hydrogen) atoms. The Bertz CT molecular complexity index is 568. The number of pyridine rings is 1. The summed E-state index contributed by atoms with van der Waals surface area (Å²) >= 11 is 3.24. The van der Waals surface area contributed by atoms with E-state index >= 15 is 0 Å². The van der Waals surface area contributed by atoms with Crippen molar-refractivity contribution in [1.29, 1.82) is 5.26 Å². The molecular weight excluding hydrogens is 261 g/mol. The Kier molecular flexibility index (Phi) is 2.45. The van der Waals surface area contributed by atoms with Crippen LogP contribution in [0.25, 0.3) is 5.65 Å². The average Bonchev–Trinajstić information content (AvgIpc) is 2.46. The monoisotopic (exact) mass is 267 g/mol. The van der Waals surface area contributed by atoms with Crippen LogP contribution in [-0.2, 0) is 6.42 Å². The number of halogens is 2. The van der Waals surface area contributed by atoms with E-state index in [-0.39, 0.29) is 12.2 Å². The van der Waals surface area contributed by atoms with Gasteiger partial charge in [-0.25, -0.2) is 9.37 Å². The molecular formula is C10H7BrFN3. The SMILES string of the molecule is Cc1nc2c(Br)cc(F)cn2c1CC#N. The summed E-state index contributed by atoms with van der Waals surface area (Å²) in [6.07, 6.45) is 1.57. The van der Waals surface area contributed by atoms with Gasteiger partial charge in [0.25, 0.3) is 0 Å². The minimum atomic E-state index is -0.356. The predicted octanol–water partition coefficient (Wildman–Crippen LogP) is 2.61. The first-order valence-corrected chi connectivity index (χ1v) is 5.12. The summed E-state index contributed by atoms with van der Waals surface area (Å²) in [6, 6.07) is 3.40. The first-order chi connectivity index (χ1) is 7.13. The number of hydrogen-bond acceptors (Lipinski definition) is 2. The number of rotatable bonds is 1. The third-order valence-electron chi connectivity index (χ3n) is 2.19. The Labute approximate surface area is 94.3 Å². The van der Waals surface area contributed by atoms with Crippen LogP contribution in [0, 0.1) is 24.1 Å². The zero-order valence-corrected chi connectivity index (χ0v) is 9.55. The van der Waals surface area contributed by atoms with E-state index in [4.69, 9.17) is 5.26 Å². The Morgan fingerprint density at radius 3 is 3.07 bits per heavy atom. The lowest BCUT2D eigenvalue weighted by Gasteiger charge is -1.99. The Balaban J connectivity index is 2.81. The van der Waals surface area contributed by atoms with Crippen LogP contribution in [0.1, 0.15) is 11.4 Å². The zero-order chi connectivity index (χ0) is 11.0. The van der Waals surface area contributed by atoms with Gasteiger partial charge in [-0.15, -0.1) is 0 Å². The lowest BCUT2D eigenvalue weighted by Crippen LogP contribution is -1.94. The van der Waals surface area contributed by atoms with E-state index in [0.717, 1.165) is 11.4 Å². The summed E-state index contributed by atoms with van der Waals surface area (Å²) in [5.41, 5.74) is 2.12. The van der Waals surface area contributed by atoms with Crippen molar-refractivity contribution >= 4 is 21.6 Å². The van der Waals surface area contributed by atoms with E-state index in [1.165, 1.54) is 12.3 Å². The largest absolute Gasteiger partial charge is 0.299 e. The van der Waals surface area contributed by atoms with Gasteiger partial charge in [0.15, 0.2) is 5.65 Å². The van der Waals surface area contributed by atoms with Gasteiger partial charge >= 0.3 is 0 Å². The second-order valence-corrected chi connectivity index (χ2v) is 4.03. The van der Waals surface area contributed by atoms with Gasteiger partial charge in [-0.05, 0) is 28.9 Å². The molecule has 0 aromatic carbocycles. The van der Waals surface area contributed by atoms with E-state index in [0.29, 0.717) is 10.1 Å². The number of imidazole rings is 1. The number of aryl methyl sites for hydroxylation is 1. The summed E-state index contributed by atoms with van der Waals surface area (Å²) in [5.74, 6) is -0.356. The smallest absolute Gasteiger partial charge is 0.151 e. The van der Waals surface area contributed by atoms with E-state index in [1.807, 2.05) is 13.0 Å². The Hall–Kier alpha value is -1.41. The topological polar surface area (TPSA) is 41.1 Å². The second kappa shape index (κ2) is 3.63. The Morgan fingerprint density at radius 2 is 2.40 bits per heavy atom. The fourth-order valence-electron chi connectivity index (χ4n) is 1.52. The molecule has 76 valence electrons. The second-order valence-electron chi connectivity index (χ2n) is 3.18. The molecule has 2 rings (SSSR count). The number of fused-ring (bicyclic) bond motifs is 1. The molecule has 0 saturated carbocycles. The van der Waals surface area contributed by atoms with Crippen LogP contribution in [0.2, 0.25) is 0 Å². The van der Waals surface area contributed by atoms with Crippen molar-refractivity contribution in [2.45, 2.75) is 13.3 Å². The van der Waals surface area contributed by atoms with Gasteiger partial charge in [-0.2, -0.15) is 5.26 Å². The van der Waals surface area contributed by atoms with Crippen molar-refractivity contribution in [1.82, 2.24) is 9.38 Å². The van der Waals surface area contributed by atoms with Gasteiger partial charge in [-0.3, -0.25) is 4.40 Å². The van der Waals surface area contributed by atoms with Crippen LogP contribution in [0.15, 0.2) is 16.7 Å². The molecule has 2 aromatic heterocycles. The number of aromatic nitrogens is 2. The normalized spacial score (nSPS) is 10.5. The summed E-state index contributed by atoms with van der Waals surface area (Å²) in [5, 5.41) is 8.66. The maximum atomic E-state index is 13.2. The van der Waals surface area contributed by atoms with Crippen molar-refractivity contribution in [2.75, 3.05) is 0 Å². The van der Waals surface area contributed by atoms with E-state index in [9.17, 15) is 4.39 Å². The number of nitrogens with zero attached hydrogens (tertiary/aromatic N) is 3. The molecule has 0 spiro atoms. The standard InChI is InChI=1S/C10H7BrFN3/c1-6-9(2-3-13)15-5-7(12)4-8(11)10(15)14-6/h4-5H,2H2,1H3. The maximum Gasteiger partial charge on any atom is 0.151 e. The summed E-state index contributed by atoms with van der Waals surface area (Å²) in [4.78, 5) is 4.27. The van der Waals surface area contributed by atoms with Crippen molar-refractivity contribution < 1.29 is 4.39 Å². The summed E-state index contributed by atoms with van der Waals surface area (Å²) in [7, 11) is 0. The van der Waals surface area contributed by atoms with Crippen molar-refractivity contribution in [3.05, 3.63) is 33.9 Å². The molecule has 3 nitrogen and oxygen atoms in total. The number of hydrogen-bond donors (Lipinski definition) is 0. The molecule has 0 saturated heterocycles. The highest BCUT2D eigenvalue weighted by Crippen LogP contribution is 2.22. The average molecular weight is 268 g/mol. The van der Waals surface area contributed by atoms with Crippen molar-refractivity contribution in [3.63, 3.8) is 0 Å². The molecule has 0 atom stereocenters. The lowest BCUT2D eigenvalue weighted by molar-refractivity contribution is 0.617. The fourth-order valence-corrected chi connectivity index (χ4v) is 2.02. The number of nitriles is 1. The third-order valence-corrected chi connectivity index (χ3v) is 2.77. The highest BCUT2D eigenvalue weighted by atomic mass is 79.9. The summed E-state index contributed by atoms with van der Waals surface area (Å²) in [6.45, 7) is 1.81. The minimum absolute atomic E-state index is 0.225. The lowest BCUT2D eigenvalue weighted by atomic mass is 10.3. The van der Waals surface area contributed by atoms with E-state index < -0.39 is 0 Å². The van der Waals surface area contributed by atoms with Crippen LogP contribution < -0.4 is 0 Å². The van der Waals surface area contributed by atoms with Crippen molar-refractivity contribution in [2.24, 2.45) is 0 Å². The van der Waals surface area contributed by atoms with E-state index in [1.54, 1.807) is 4.40 Å². The van der Waals surface area contributed by atoms with E-state index in [2.05, 4.69) is 20.9 Å². The highest BCUT2D eigenvalue weighted by Gasteiger charge is 2.11. The van der Waals surface area contributed by atoms with Crippen LogP contribution in [0.3, 0.4) is 0 Å². The highest BCUT2D eigenvalue weighted by molar-refractivity contribution is 9.10. The molecule has 5 heteroatoms. The zero-order valence-electron chi connectivity index (χ0n) is 7.96. The minimum Gasteiger partial charge on any atom is -0.299 e. The first-order valence-electron chi connectivity index (χ1n) is 4.33. The molecule has 0 amide bonds. The van der Waals surface area contributed by atoms with Crippen LogP contribution in [-0.4, -0.2) is 9.38 Å². The molecule has 2 aromatic rings. The quantitative estimate of drug-likeness (QED) is 0.797. The predicted molar refractivity (Wildman–Crippen MR) is 56.9 cm³/mol. The molecule has 0 bridgehead atoms. The molecule has 2 heterocycles. The maximum absolute atomic E-state index is 13.2. The van der Waals surface area contributed by atoms with Gasteiger partial charge in [0.2, 0.25) is 0 Å².